The van der Waals surface area contributed by atoms with Crippen molar-refractivity contribution in [2.45, 2.75) is 19.4 Å². The standard InChI is InChI=1S/C15H13Br2FO/c1-9-12(3-2-4-13(9)16)15(19)7-10-5-6-11(18)8-14(10)17/h2-6,8,15,19H,7H2,1H3. The summed E-state index contributed by atoms with van der Waals surface area (Å²) in [6.45, 7) is 1.96. The summed E-state index contributed by atoms with van der Waals surface area (Å²) in [7, 11) is 0. The van der Waals surface area contributed by atoms with Gasteiger partial charge in [0.25, 0.3) is 0 Å². The number of halogens is 3. The maximum absolute atomic E-state index is 13.0. The second-order valence-electron chi connectivity index (χ2n) is 4.41. The predicted molar refractivity (Wildman–Crippen MR) is 81.6 cm³/mol. The molecule has 0 aliphatic heterocycles. The SMILES string of the molecule is Cc1c(Br)cccc1C(O)Cc1ccc(F)cc1Br. The third-order valence-electron chi connectivity index (χ3n) is 3.10. The molecule has 0 aromatic heterocycles. The Hall–Kier alpha value is -0.710. The minimum Gasteiger partial charge on any atom is -0.388 e. The molecule has 2 aromatic rings. The van der Waals surface area contributed by atoms with Crippen molar-refractivity contribution in [3.05, 3.63) is 67.9 Å². The lowest BCUT2D eigenvalue weighted by Crippen LogP contribution is -2.05. The second-order valence-corrected chi connectivity index (χ2v) is 6.12. The minimum atomic E-state index is -0.612. The molecule has 0 spiro atoms. The molecule has 100 valence electrons. The fourth-order valence-electron chi connectivity index (χ4n) is 1.99. The van der Waals surface area contributed by atoms with Crippen LogP contribution in [0.5, 0.6) is 0 Å². The van der Waals surface area contributed by atoms with E-state index in [2.05, 4.69) is 31.9 Å². The molecule has 0 bridgehead atoms. The highest BCUT2D eigenvalue weighted by molar-refractivity contribution is 9.10. The summed E-state index contributed by atoms with van der Waals surface area (Å²) in [5, 5.41) is 10.3. The molecule has 0 aliphatic carbocycles. The number of hydrogen-bond acceptors (Lipinski definition) is 1. The molecule has 1 N–H and O–H groups in total. The first kappa shape index (κ1) is 14.7. The van der Waals surface area contributed by atoms with Crippen LogP contribution in [0.15, 0.2) is 45.3 Å². The number of benzene rings is 2. The Balaban J connectivity index is 2.25. The highest BCUT2D eigenvalue weighted by atomic mass is 79.9. The third-order valence-corrected chi connectivity index (χ3v) is 4.69. The van der Waals surface area contributed by atoms with E-state index >= 15 is 0 Å². The van der Waals surface area contributed by atoms with Gasteiger partial charge in [-0.2, -0.15) is 0 Å². The Morgan fingerprint density at radius 1 is 1.16 bits per heavy atom. The van der Waals surface area contributed by atoms with E-state index in [9.17, 15) is 9.50 Å². The zero-order valence-corrected chi connectivity index (χ0v) is 13.5. The third kappa shape index (κ3) is 3.44. The first-order chi connectivity index (χ1) is 8.99. The summed E-state index contributed by atoms with van der Waals surface area (Å²) in [5.74, 6) is -0.288. The van der Waals surface area contributed by atoms with Crippen molar-refractivity contribution < 1.29 is 9.50 Å². The Labute approximate surface area is 128 Å². The summed E-state index contributed by atoms with van der Waals surface area (Å²) >= 11 is 6.77. The monoisotopic (exact) mass is 386 g/mol. The smallest absolute Gasteiger partial charge is 0.124 e. The highest BCUT2D eigenvalue weighted by Crippen LogP contribution is 2.29. The number of aliphatic hydroxyl groups excluding tert-OH is 1. The summed E-state index contributed by atoms with van der Waals surface area (Å²) in [6, 6.07) is 10.3. The zero-order chi connectivity index (χ0) is 14.0. The van der Waals surface area contributed by atoms with E-state index < -0.39 is 6.10 Å². The maximum atomic E-state index is 13.0. The molecular weight excluding hydrogens is 375 g/mol. The van der Waals surface area contributed by atoms with Crippen LogP contribution in [0.25, 0.3) is 0 Å². The van der Waals surface area contributed by atoms with Gasteiger partial charge < -0.3 is 5.11 Å². The van der Waals surface area contributed by atoms with Crippen LogP contribution in [0.2, 0.25) is 0 Å². The van der Waals surface area contributed by atoms with Crippen LogP contribution in [0.4, 0.5) is 4.39 Å². The molecule has 0 saturated heterocycles. The van der Waals surface area contributed by atoms with Gasteiger partial charge in [-0.25, -0.2) is 4.39 Å². The molecule has 0 amide bonds. The molecule has 0 heterocycles. The van der Waals surface area contributed by atoms with Crippen LogP contribution in [-0.4, -0.2) is 5.11 Å². The molecule has 0 saturated carbocycles. The fraction of sp³-hybridized carbons (Fsp3) is 0.200. The lowest BCUT2D eigenvalue weighted by molar-refractivity contribution is 0.177. The van der Waals surface area contributed by atoms with Crippen molar-refractivity contribution >= 4 is 31.9 Å². The molecule has 4 heteroatoms. The number of aliphatic hydroxyl groups is 1. The van der Waals surface area contributed by atoms with Gasteiger partial charge in [-0.05, 0) is 41.8 Å². The largest absolute Gasteiger partial charge is 0.388 e. The Morgan fingerprint density at radius 3 is 2.58 bits per heavy atom. The van der Waals surface area contributed by atoms with Gasteiger partial charge in [0.1, 0.15) is 5.82 Å². The molecule has 2 aromatic carbocycles. The topological polar surface area (TPSA) is 20.2 Å². The van der Waals surface area contributed by atoms with Crippen LogP contribution in [0, 0.1) is 12.7 Å². The van der Waals surface area contributed by atoms with Gasteiger partial charge in [-0.15, -0.1) is 0 Å². The normalized spacial score (nSPS) is 12.5. The molecule has 1 atom stereocenters. The molecule has 1 unspecified atom stereocenters. The minimum absolute atomic E-state index is 0.288. The van der Waals surface area contributed by atoms with Crippen molar-refractivity contribution in [2.75, 3.05) is 0 Å². The Kier molecular flexibility index (Phi) is 4.76. The molecule has 1 nitrogen and oxygen atoms in total. The van der Waals surface area contributed by atoms with E-state index in [-0.39, 0.29) is 5.82 Å². The first-order valence-electron chi connectivity index (χ1n) is 5.86. The van der Waals surface area contributed by atoms with E-state index in [1.54, 1.807) is 6.07 Å². The van der Waals surface area contributed by atoms with Crippen molar-refractivity contribution in [3.8, 4) is 0 Å². The molecule has 19 heavy (non-hydrogen) atoms. The number of rotatable bonds is 3. The fourth-order valence-corrected chi connectivity index (χ4v) is 2.88. The van der Waals surface area contributed by atoms with Crippen LogP contribution < -0.4 is 0 Å². The average Bonchev–Trinajstić information content (AvgIpc) is 2.36. The van der Waals surface area contributed by atoms with Gasteiger partial charge in [-0.3, -0.25) is 0 Å². The van der Waals surface area contributed by atoms with E-state index in [1.165, 1.54) is 12.1 Å². The van der Waals surface area contributed by atoms with Gasteiger partial charge >= 0.3 is 0 Å². The quantitative estimate of drug-likeness (QED) is 0.791. The van der Waals surface area contributed by atoms with Gasteiger partial charge in [0.05, 0.1) is 6.10 Å². The summed E-state index contributed by atoms with van der Waals surface area (Å²) in [6.07, 6.45) is -0.169. The maximum Gasteiger partial charge on any atom is 0.124 e. The lowest BCUT2D eigenvalue weighted by Gasteiger charge is -2.15. The van der Waals surface area contributed by atoms with Crippen molar-refractivity contribution in [1.29, 1.82) is 0 Å². The van der Waals surface area contributed by atoms with Gasteiger partial charge in [0.2, 0.25) is 0 Å². The van der Waals surface area contributed by atoms with Crippen molar-refractivity contribution in [2.24, 2.45) is 0 Å². The predicted octanol–water partition coefficient (Wildman–Crippen LogP) is 4.94. The molecule has 0 fully saturated rings. The van der Waals surface area contributed by atoms with E-state index in [1.807, 2.05) is 25.1 Å². The van der Waals surface area contributed by atoms with Crippen molar-refractivity contribution in [1.82, 2.24) is 0 Å². The summed E-state index contributed by atoms with van der Waals surface area (Å²) in [4.78, 5) is 0. The van der Waals surface area contributed by atoms with E-state index in [0.29, 0.717) is 10.9 Å². The Morgan fingerprint density at radius 2 is 1.89 bits per heavy atom. The summed E-state index contributed by atoms with van der Waals surface area (Å²) in [5.41, 5.74) is 2.78. The first-order valence-corrected chi connectivity index (χ1v) is 7.44. The van der Waals surface area contributed by atoms with Crippen LogP contribution in [0.1, 0.15) is 22.8 Å². The molecular formula is C15H13Br2FO. The van der Waals surface area contributed by atoms with Crippen LogP contribution in [0.3, 0.4) is 0 Å². The Bertz CT molecular complexity index is 599. The molecule has 0 aliphatic rings. The zero-order valence-electron chi connectivity index (χ0n) is 10.3. The second kappa shape index (κ2) is 6.16. The molecule has 0 radical (unpaired) electrons. The van der Waals surface area contributed by atoms with Gasteiger partial charge in [0, 0.05) is 15.4 Å². The van der Waals surface area contributed by atoms with Gasteiger partial charge in [-0.1, -0.05) is 50.1 Å². The van der Waals surface area contributed by atoms with Crippen LogP contribution >= 0.6 is 31.9 Å². The van der Waals surface area contributed by atoms with Crippen LogP contribution in [-0.2, 0) is 6.42 Å². The van der Waals surface area contributed by atoms with Crippen molar-refractivity contribution in [3.63, 3.8) is 0 Å². The average molecular weight is 388 g/mol. The molecule has 2 rings (SSSR count). The van der Waals surface area contributed by atoms with E-state index in [4.69, 9.17) is 0 Å². The highest BCUT2D eigenvalue weighted by Gasteiger charge is 2.14. The number of hydrogen-bond donors (Lipinski definition) is 1. The lowest BCUT2D eigenvalue weighted by atomic mass is 9.98. The van der Waals surface area contributed by atoms with E-state index in [0.717, 1.165) is 21.2 Å². The summed E-state index contributed by atoms with van der Waals surface area (Å²) < 4.78 is 14.7. The van der Waals surface area contributed by atoms with Gasteiger partial charge in [0.15, 0.2) is 0 Å².